The van der Waals surface area contributed by atoms with Crippen molar-refractivity contribution in [1.29, 1.82) is 0 Å². The minimum Gasteiger partial charge on any atom is -0.450 e. The maximum atomic E-state index is 11.0. The van der Waals surface area contributed by atoms with Crippen molar-refractivity contribution in [1.82, 2.24) is 0 Å². The Morgan fingerprint density at radius 3 is 2.65 bits per heavy atom. The predicted molar refractivity (Wildman–Crippen MR) is 80.2 cm³/mol. The lowest BCUT2D eigenvalue weighted by Gasteiger charge is -2.10. The van der Waals surface area contributed by atoms with Gasteiger partial charge in [-0.1, -0.05) is 33.6 Å². The number of nitro benzene ring substituents is 1. The second-order valence-corrected chi connectivity index (χ2v) is 5.28. The summed E-state index contributed by atoms with van der Waals surface area (Å²) in [5, 5.41) is 11.5. The molecule has 2 aromatic rings. The molecule has 7 heteroatoms. The van der Waals surface area contributed by atoms with E-state index in [0.29, 0.717) is 20.8 Å². The van der Waals surface area contributed by atoms with Gasteiger partial charge in [-0.25, -0.2) is 0 Å². The highest BCUT2D eigenvalue weighted by Crippen LogP contribution is 2.35. The van der Waals surface area contributed by atoms with Gasteiger partial charge in [-0.15, -0.1) is 0 Å². The molecule has 0 aromatic heterocycles. The fraction of sp³-hybridized carbons (Fsp3) is 0.0769. The van der Waals surface area contributed by atoms with E-state index in [1.165, 1.54) is 12.1 Å². The first kappa shape index (κ1) is 14.8. The number of hydrogen-bond acceptors (Lipinski definition) is 4. The molecule has 0 unspecified atom stereocenters. The van der Waals surface area contributed by atoms with E-state index in [2.05, 4.69) is 15.9 Å². The van der Waals surface area contributed by atoms with Crippen LogP contribution in [0.1, 0.15) is 5.56 Å². The molecule has 0 aliphatic heterocycles. The van der Waals surface area contributed by atoms with Gasteiger partial charge in [0.25, 0.3) is 0 Å². The Bertz CT molecular complexity index is 664. The minimum atomic E-state index is -0.507. The van der Waals surface area contributed by atoms with Gasteiger partial charge in [0.1, 0.15) is 5.75 Å². The molecule has 0 heterocycles. The molecule has 104 valence electrons. The molecule has 0 radical (unpaired) electrons. The van der Waals surface area contributed by atoms with Crippen molar-refractivity contribution in [2.24, 2.45) is 5.73 Å². The van der Waals surface area contributed by atoms with Gasteiger partial charge in [0.05, 0.1) is 4.92 Å². The second-order valence-electron chi connectivity index (χ2n) is 3.93. The van der Waals surface area contributed by atoms with Gasteiger partial charge in [0.15, 0.2) is 0 Å². The van der Waals surface area contributed by atoms with Gasteiger partial charge >= 0.3 is 5.69 Å². The van der Waals surface area contributed by atoms with Gasteiger partial charge in [0, 0.05) is 27.7 Å². The van der Waals surface area contributed by atoms with E-state index in [0.717, 1.165) is 0 Å². The smallest absolute Gasteiger partial charge is 0.312 e. The van der Waals surface area contributed by atoms with Gasteiger partial charge in [-0.2, -0.15) is 0 Å². The number of ether oxygens (including phenoxy) is 1. The van der Waals surface area contributed by atoms with Crippen LogP contribution in [-0.2, 0) is 6.54 Å². The molecule has 0 amide bonds. The maximum Gasteiger partial charge on any atom is 0.312 e. The first-order valence-electron chi connectivity index (χ1n) is 5.61. The van der Waals surface area contributed by atoms with E-state index < -0.39 is 4.92 Å². The van der Waals surface area contributed by atoms with Crippen LogP contribution in [0, 0.1) is 10.1 Å². The number of rotatable bonds is 4. The average Bonchev–Trinajstić information content (AvgIpc) is 2.41. The highest BCUT2D eigenvalue weighted by molar-refractivity contribution is 9.10. The van der Waals surface area contributed by atoms with Crippen LogP contribution in [0.4, 0.5) is 5.69 Å². The van der Waals surface area contributed by atoms with Crippen LogP contribution in [0.25, 0.3) is 0 Å². The number of hydrogen-bond donors (Lipinski definition) is 1. The van der Waals surface area contributed by atoms with Crippen molar-refractivity contribution in [3.05, 3.63) is 61.6 Å². The number of nitro groups is 1. The van der Waals surface area contributed by atoms with Crippen molar-refractivity contribution in [3.8, 4) is 11.5 Å². The molecule has 0 fully saturated rings. The molecule has 0 saturated heterocycles. The van der Waals surface area contributed by atoms with Gasteiger partial charge in [0.2, 0.25) is 5.75 Å². The molecule has 0 atom stereocenters. The van der Waals surface area contributed by atoms with Crippen LogP contribution in [0.15, 0.2) is 40.9 Å². The minimum absolute atomic E-state index is 0.134. The largest absolute Gasteiger partial charge is 0.450 e. The van der Waals surface area contributed by atoms with Gasteiger partial charge < -0.3 is 10.5 Å². The van der Waals surface area contributed by atoms with Crippen LogP contribution in [-0.4, -0.2) is 4.92 Å². The fourth-order valence-corrected chi connectivity index (χ4v) is 2.14. The zero-order chi connectivity index (χ0) is 14.7. The molecule has 0 saturated carbocycles. The van der Waals surface area contributed by atoms with Crippen LogP contribution >= 0.6 is 27.5 Å². The van der Waals surface area contributed by atoms with Crippen LogP contribution in [0.2, 0.25) is 5.02 Å². The van der Waals surface area contributed by atoms with Crippen molar-refractivity contribution >= 4 is 33.2 Å². The van der Waals surface area contributed by atoms with Gasteiger partial charge in [-0.3, -0.25) is 10.1 Å². The quantitative estimate of drug-likeness (QED) is 0.655. The Morgan fingerprint density at radius 2 is 2.00 bits per heavy atom. The Balaban J connectivity index is 2.44. The summed E-state index contributed by atoms with van der Waals surface area (Å²) in [6.07, 6.45) is 0. The van der Waals surface area contributed by atoms with E-state index in [4.69, 9.17) is 22.1 Å². The third kappa shape index (κ3) is 3.27. The van der Waals surface area contributed by atoms with Crippen molar-refractivity contribution in [3.63, 3.8) is 0 Å². The lowest BCUT2D eigenvalue weighted by atomic mass is 10.2. The number of benzene rings is 2. The SMILES string of the molecule is NCc1ccc(Cl)cc1Oc1ccc(Br)cc1[N+](=O)[O-]. The molecule has 0 bridgehead atoms. The summed E-state index contributed by atoms with van der Waals surface area (Å²) in [5.41, 5.74) is 6.19. The first-order chi connectivity index (χ1) is 9.51. The molecule has 0 spiro atoms. The monoisotopic (exact) mass is 356 g/mol. The molecule has 0 aliphatic rings. The number of nitrogens with zero attached hydrogens (tertiary/aromatic N) is 1. The van der Waals surface area contributed by atoms with Crippen molar-refractivity contribution < 1.29 is 9.66 Å². The molecular formula is C13H10BrClN2O3. The standard InChI is InChI=1S/C13H10BrClN2O3/c14-9-2-4-12(11(5-9)17(18)19)20-13-6-10(15)3-1-8(13)7-16/h1-6H,7,16H2. The highest BCUT2D eigenvalue weighted by atomic mass is 79.9. The fourth-order valence-electron chi connectivity index (χ4n) is 1.63. The molecule has 0 aliphatic carbocycles. The zero-order valence-corrected chi connectivity index (χ0v) is 12.5. The molecule has 2 N–H and O–H groups in total. The summed E-state index contributed by atoms with van der Waals surface area (Å²) in [7, 11) is 0. The van der Waals surface area contributed by atoms with Crippen molar-refractivity contribution in [2.75, 3.05) is 0 Å². The lowest BCUT2D eigenvalue weighted by molar-refractivity contribution is -0.385. The van der Waals surface area contributed by atoms with E-state index in [1.54, 1.807) is 24.3 Å². The normalized spacial score (nSPS) is 10.3. The lowest BCUT2D eigenvalue weighted by Crippen LogP contribution is -2.00. The summed E-state index contributed by atoms with van der Waals surface area (Å²) < 4.78 is 6.20. The summed E-state index contributed by atoms with van der Waals surface area (Å²) >= 11 is 9.09. The van der Waals surface area contributed by atoms with E-state index in [1.807, 2.05) is 0 Å². The first-order valence-corrected chi connectivity index (χ1v) is 6.78. The summed E-state index contributed by atoms with van der Waals surface area (Å²) in [5.74, 6) is 0.542. The molecular weight excluding hydrogens is 348 g/mol. The third-order valence-electron chi connectivity index (χ3n) is 2.59. The number of nitrogens with two attached hydrogens (primary N) is 1. The molecule has 20 heavy (non-hydrogen) atoms. The molecule has 2 rings (SSSR count). The molecule has 5 nitrogen and oxygen atoms in total. The van der Waals surface area contributed by atoms with Crippen LogP contribution in [0.3, 0.4) is 0 Å². The van der Waals surface area contributed by atoms with Crippen LogP contribution < -0.4 is 10.5 Å². The summed E-state index contributed by atoms with van der Waals surface area (Å²) in [6.45, 7) is 0.247. The Kier molecular flexibility index (Phi) is 4.59. The summed E-state index contributed by atoms with van der Waals surface area (Å²) in [6, 6.07) is 9.55. The average molecular weight is 358 g/mol. The van der Waals surface area contributed by atoms with E-state index >= 15 is 0 Å². The maximum absolute atomic E-state index is 11.0. The summed E-state index contributed by atoms with van der Waals surface area (Å²) in [4.78, 5) is 10.5. The second kappa shape index (κ2) is 6.21. The predicted octanol–water partition coefficient (Wildman–Crippen LogP) is 4.26. The highest BCUT2D eigenvalue weighted by Gasteiger charge is 2.17. The van der Waals surface area contributed by atoms with Gasteiger partial charge in [-0.05, 0) is 24.3 Å². The van der Waals surface area contributed by atoms with E-state index in [-0.39, 0.29) is 18.0 Å². The van der Waals surface area contributed by atoms with E-state index in [9.17, 15) is 10.1 Å². The Hall–Kier alpha value is -1.63. The van der Waals surface area contributed by atoms with Crippen LogP contribution in [0.5, 0.6) is 11.5 Å². The third-order valence-corrected chi connectivity index (χ3v) is 3.32. The Labute approximate surface area is 128 Å². The zero-order valence-electron chi connectivity index (χ0n) is 10.2. The number of halogens is 2. The topological polar surface area (TPSA) is 78.4 Å². The Morgan fingerprint density at radius 1 is 1.25 bits per heavy atom. The molecule has 2 aromatic carbocycles. The van der Waals surface area contributed by atoms with Crippen molar-refractivity contribution in [2.45, 2.75) is 6.54 Å².